The summed E-state index contributed by atoms with van der Waals surface area (Å²) >= 11 is 2.13. The van der Waals surface area contributed by atoms with Crippen LogP contribution in [0.3, 0.4) is 0 Å². The molecule has 0 saturated carbocycles. The number of hydrogen-bond acceptors (Lipinski definition) is 1. The van der Waals surface area contributed by atoms with Gasteiger partial charge in [-0.3, -0.25) is 0 Å². The minimum atomic E-state index is -0.878. The number of rotatable bonds is 1. The van der Waals surface area contributed by atoms with Gasteiger partial charge in [-0.05, 0) is 46.9 Å². The van der Waals surface area contributed by atoms with Crippen molar-refractivity contribution in [1.29, 1.82) is 0 Å². The Bertz CT molecular complexity index is 250. The van der Waals surface area contributed by atoms with Gasteiger partial charge < -0.3 is 6.53 Å². The fraction of sp³-hybridized carbons (Fsp3) is 0. The van der Waals surface area contributed by atoms with Crippen molar-refractivity contribution in [2.24, 2.45) is 0 Å². The number of carboxylic acids is 1. The molecule has 0 unspecified atom stereocenters. The molecule has 0 heterocycles. The first kappa shape index (κ1) is 11.4. The van der Waals surface area contributed by atoms with Gasteiger partial charge in [0.15, 0.2) is 0 Å². The molecular formula is C7H6INaO2. The van der Waals surface area contributed by atoms with E-state index in [4.69, 9.17) is 5.11 Å². The standard InChI is InChI=1S/C7H5IO2.Na.H/c8-6-3-1-5(2-4-6)7(9)10;;/h1-4H,(H,9,10);;/q;+1;-1. The molecule has 1 N–H and O–H groups in total. The van der Waals surface area contributed by atoms with Crippen LogP contribution in [0.4, 0.5) is 0 Å². The van der Waals surface area contributed by atoms with Crippen molar-refractivity contribution in [2.75, 3.05) is 0 Å². The molecule has 0 bridgehead atoms. The molecule has 11 heavy (non-hydrogen) atoms. The van der Waals surface area contributed by atoms with Crippen LogP contribution in [0.25, 0.3) is 0 Å². The monoisotopic (exact) mass is 272 g/mol. The molecule has 54 valence electrons. The molecule has 0 aliphatic heterocycles. The number of benzene rings is 1. The average molecular weight is 272 g/mol. The van der Waals surface area contributed by atoms with Crippen molar-refractivity contribution in [3.63, 3.8) is 0 Å². The summed E-state index contributed by atoms with van der Waals surface area (Å²) in [5, 5.41) is 8.47. The van der Waals surface area contributed by atoms with E-state index in [2.05, 4.69) is 22.6 Å². The summed E-state index contributed by atoms with van der Waals surface area (Å²) in [6, 6.07) is 6.71. The van der Waals surface area contributed by atoms with Gasteiger partial charge in [-0.15, -0.1) is 0 Å². The van der Waals surface area contributed by atoms with Gasteiger partial charge >= 0.3 is 35.5 Å². The Morgan fingerprint density at radius 1 is 1.36 bits per heavy atom. The summed E-state index contributed by atoms with van der Waals surface area (Å²) in [7, 11) is 0. The van der Waals surface area contributed by atoms with Crippen LogP contribution in [-0.2, 0) is 0 Å². The number of carbonyl (C=O) groups is 1. The molecule has 4 heteroatoms. The summed E-state index contributed by atoms with van der Waals surface area (Å²) in [5.74, 6) is -0.878. The zero-order chi connectivity index (χ0) is 7.56. The van der Waals surface area contributed by atoms with Gasteiger partial charge in [0, 0.05) is 3.57 Å². The molecule has 0 atom stereocenters. The second kappa shape index (κ2) is 5.13. The van der Waals surface area contributed by atoms with Crippen LogP contribution in [0.5, 0.6) is 0 Å². The van der Waals surface area contributed by atoms with Crippen molar-refractivity contribution in [1.82, 2.24) is 0 Å². The SMILES string of the molecule is O=C(O)c1ccc(I)cc1.[H-].[Na+]. The van der Waals surface area contributed by atoms with Crippen LogP contribution >= 0.6 is 22.6 Å². The number of hydrogen-bond donors (Lipinski definition) is 1. The van der Waals surface area contributed by atoms with Crippen LogP contribution in [0.1, 0.15) is 11.8 Å². The first-order chi connectivity index (χ1) is 4.70. The summed E-state index contributed by atoms with van der Waals surface area (Å²) < 4.78 is 1.04. The molecule has 0 fully saturated rings. The fourth-order valence-corrected chi connectivity index (χ4v) is 0.952. The van der Waals surface area contributed by atoms with Crippen LogP contribution in [0.15, 0.2) is 24.3 Å². The van der Waals surface area contributed by atoms with E-state index in [1.165, 1.54) is 0 Å². The Morgan fingerprint density at radius 3 is 2.18 bits per heavy atom. The van der Waals surface area contributed by atoms with E-state index in [0.717, 1.165) is 3.57 Å². The Morgan fingerprint density at radius 2 is 1.82 bits per heavy atom. The predicted octanol–water partition coefficient (Wildman–Crippen LogP) is -0.894. The average Bonchev–Trinajstić information content (AvgIpc) is 1.88. The zero-order valence-corrected chi connectivity index (χ0v) is 10.2. The second-order valence-electron chi connectivity index (χ2n) is 1.81. The third kappa shape index (κ3) is 3.55. The van der Waals surface area contributed by atoms with Gasteiger partial charge in [-0.25, -0.2) is 4.79 Å². The van der Waals surface area contributed by atoms with E-state index in [1.807, 2.05) is 0 Å². The molecule has 0 radical (unpaired) electrons. The molecule has 2 nitrogen and oxygen atoms in total. The van der Waals surface area contributed by atoms with Gasteiger partial charge in [0.1, 0.15) is 0 Å². The topological polar surface area (TPSA) is 37.3 Å². The zero-order valence-electron chi connectivity index (χ0n) is 7.04. The van der Waals surface area contributed by atoms with E-state index in [1.54, 1.807) is 24.3 Å². The first-order valence-electron chi connectivity index (χ1n) is 2.69. The normalized spacial score (nSPS) is 8.45. The molecule has 0 aliphatic carbocycles. The van der Waals surface area contributed by atoms with E-state index < -0.39 is 5.97 Å². The molecule has 0 aliphatic rings. The fourth-order valence-electron chi connectivity index (χ4n) is 0.592. The Kier molecular flexibility index (Phi) is 5.33. The van der Waals surface area contributed by atoms with E-state index in [9.17, 15) is 4.79 Å². The smallest absolute Gasteiger partial charge is 1.00 e. The molecule has 1 aromatic carbocycles. The maximum absolute atomic E-state index is 10.3. The van der Waals surface area contributed by atoms with Gasteiger partial charge in [0.25, 0.3) is 0 Å². The minimum absolute atomic E-state index is 0. The van der Waals surface area contributed by atoms with Gasteiger partial charge in [0.05, 0.1) is 5.56 Å². The largest absolute Gasteiger partial charge is 1.00 e. The van der Waals surface area contributed by atoms with Crippen molar-refractivity contribution in [2.45, 2.75) is 0 Å². The van der Waals surface area contributed by atoms with Crippen LogP contribution < -0.4 is 29.6 Å². The van der Waals surface area contributed by atoms with Crippen molar-refractivity contribution < 1.29 is 40.9 Å². The molecule has 0 spiro atoms. The van der Waals surface area contributed by atoms with Gasteiger partial charge in [-0.2, -0.15) is 0 Å². The molecule has 0 aromatic heterocycles. The first-order valence-corrected chi connectivity index (χ1v) is 3.77. The number of aromatic carboxylic acids is 1. The van der Waals surface area contributed by atoms with E-state index >= 15 is 0 Å². The second-order valence-corrected chi connectivity index (χ2v) is 3.06. The van der Waals surface area contributed by atoms with Crippen LogP contribution in [0.2, 0.25) is 0 Å². The summed E-state index contributed by atoms with van der Waals surface area (Å²) in [6.07, 6.45) is 0. The molecule has 0 amide bonds. The minimum Gasteiger partial charge on any atom is -1.00 e. The molecule has 0 saturated heterocycles. The number of carboxylic acid groups (broad SMARTS) is 1. The third-order valence-electron chi connectivity index (χ3n) is 1.09. The van der Waals surface area contributed by atoms with Crippen molar-refractivity contribution in [3.05, 3.63) is 33.4 Å². The quantitative estimate of drug-likeness (QED) is 0.532. The third-order valence-corrected chi connectivity index (χ3v) is 1.81. The summed E-state index contributed by atoms with van der Waals surface area (Å²) in [4.78, 5) is 10.3. The summed E-state index contributed by atoms with van der Waals surface area (Å²) in [6.45, 7) is 0. The van der Waals surface area contributed by atoms with Crippen molar-refractivity contribution in [3.8, 4) is 0 Å². The molecule has 1 aromatic rings. The Balaban J connectivity index is 0. The van der Waals surface area contributed by atoms with E-state index in [0.29, 0.717) is 5.56 Å². The van der Waals surface area contributed by atoms with Crippen LogP contribution in [0, 0.1) is 3.57 Å². The maximum Gasteiger partial charge on any atom is 1.00 e. The Hall–Kier alpha value is 0.420. The Labute approximate surface area is 102 Å². The number of halogens is 1. The molecular weight excluding hydrogens is 266 g/mol. The van der Waals surface area contributed by atoms with Gasteiger partial charge in [0.2, 0.25) is 0 Å². The summed E-state index contributed by atoms with van der Waals surface area (Å²) in [5.41, 5.74) is 0.334. The molecule has 1 rings (SSSR count). The van der Waals surface area contributed by atoms with Crippen molar-refractivity contribution >= 4 is 28.6 Å². The van der Waals surface area contributed by atoms with Gasteiger partial charge in [-0.1, -0.05) is 0 Å². The van der Waals surface area contributed by atoms with E-state index in [-0.39, 0.29) is 31.0 Å². The maximum atomic E-state index is 10.3. The predicted molar refractivity (Wildman–Crippen MR) is 47.2 cm³/mol. The van der Waals surface area contributed by atoms with Crippen LogP contribution in [-0.4, -0.2) is 11.1 Å².